The zero-order valence-corrected chi connectivity index (χ0v) is 17.9. The van der Waals surface area contributed by atoms with E-state index in [0.717, 1.165) is 18.7 Å². The maximum absolute atomic E-state index is 12.4. The lowest BCUT2D eigenvalue weighted by Gasteiger charge is -2.17. The number of benzene rings is 1. The van der Waals surface area contributed by atoms with Crippen molar-refractivity contribution in [2.75, 3.05) is 26.2 Å². The van der Waals surface area contributed by atoms with Gasteiger partial charge < -0.3 is 10.6 Å². The molecule has 154 valence electrons. The molecule has 2 N–H and O–H groups in total. The van der Waals surface area contributed by atoms with Crippen LogP contribution in [-0.4, -0.2) is 43.0 Å². The summed E-state index contributed by atoms with van der Waals surface area (Å²) in [6.45, 7) is 4.90. The molecule has 1 aromatic rings. The highest BCUT2D eigenvalue weighted by Crippen LogP contribution is 2.17. The molecule has 1 amide bonds. The Morgan fingerprint density at radius 3 is 2.37 bits per heavy atom. The quantitative estimate of drug-likeness (QED) is 0.518. The van der Waals surface area contributed by atoms with Crippen molar-refractivity contribution in [1.29, 1.82) is 0 Å². The van der Waals surface area contributed by atoms with Crippen molar-refractivity contribution in [1.82, 2.24) is 15.5 Å². The van der Waals surface area contributed by atoms with Crippen LogP contribution >= 0.6 is 24.8 Å². The van der Waals surface area contributed by atoms with E-state index in [-0.39, 0.29) is 30.7 Å². The molecule has 1 heterocycles. The van der Waals surface area contributed by atoms with E-state index in [4.69, 9.17) is 0 Å². The normalized spacial score (nSPS) is 18.2. The Hall–Kier alpha value is -0.810. The van der Waals surface area contributed by atoms with Gasteiger partial charge in [0.25, 0.3) is 5.91 Å². The van der Waals surface area contributed by atoms with Gasteiger partial charge in [-0.2, -0.15) is 0 Å². The summed E-state index contributed by atoms with van der Waals surface area (Å²) in [6, 6.07) is 8.74. The van der Waals surface area contributed by atoms with Crippen molar-refractivity contribution in [3.63, 3.8) is 0 Å². The van der Waals surface area contributed by atoms with Crippen molar-refractivity contribution in [3.8, 4) is 0 Å². The molecule has 2 aliphatic rings. The molecule has 0 bridgehead atoms. The molecule has 1 aliphatic heterocycles. The minimum atomic E-state index is 0. The Morgan fingerprint density at radius 2 is 1.67 bits per heavy atom. The van der Waals surface area contributed by atoms with E-state index in [1.165, 1.54) is 70.0 Å². The molecule has 0 aromatic heterocycles. The van der Waals surface area contributed by atoms with Gasteiger partial charge in [-0.05, 0) is 56.5 Å². The number of hydrogen-bond acceptors (Lipinski definition) is 3. The van der Waals surface area contributed by atoms with Gasteiger partial charge in [0.2, 0.25) is 0 Å². The third-order valence-electron chi connectivity index (χ3n) is 5.49. The van der Waals surface area contributed by atoms with Gasteiger partial charge >= 0.3 is 0 Å². The van der Waals surface area contributed by atoms with Crippen molar-refractivity contribution < 1.29 is 4.79 Å². The van der Waals surface area contributed by atoms with Crippen molar-refractivity contribution in [2.45, 2.75) is 64.0 Å². The van der Waals surface area contributed by atoms with Crippen LogP contribution in [0.5, 0.6) is 0 Å². The summed E-state index contributed by atoms with van der Waals surface area (Å²) in [5, 5.41) is 6.67. The molecular formula is C21H35Cl2N3O. The van der Waals surface area contributed by atoms with Gasteiger partial charge in [-0.15, -0.1) is 24.8 Å². The van der Waals surface area contributed by atoms with Gasteiger partial charge in [-0.1, -0.05) is 37.8 Å². The fourth-order valence-electron chi connectivity index (χ4n) is 4.05. The second-order valence-corrected chi connectivity index (χ2v) is 7.58. The highest BCUT2D eigenvalue weighted by molar-refractivity contribution is 5.94. The summed E-state index contributed by atoms with van der Waals surface area (Å²) in [6.07, 6.45) is 10.6. The van der Waals surface area contributed by atoms with Crippen LogP contribution in [0.15, 0.2) is 24.3 Å². The predicted octanol–water partition coefficient (Wildman–Crippen LogP) is 4.17. The Balaban J connectivity index is 0.00000182. The maximum Gasteiger partial charge on any atom is 0.251 e. The number of amides is 1. The van der Waals surface area contributed by atoms with Crippen LogP contribution in [0.25, 0.3) is 0 Å². The summed E-state index contributed by atoms with van der Waals surface area (Å²) >= 11 is 0. The fraction of sp³-hybridized carbons (Fsp3) is 0.667. The van der Waals surface area contributed by atoms with Crippen LogP contribution in [0.4, 0.5) is 0 Å². The molecule has 0 unspecified atom stereocenters. The number of hydrogen-bond donors (Lipinski definition) is 2. The number of halogens is 2. The Bertz CT molecular complexity index is 542. The molecule has 1 aliphatic carbocycles. The maximum atomic E-state index is 12.4. The lowest BCUT2D eigenvalue weighted by Crippen LogP contribution is -2.36. The van der Waals surface area contributed by atoms with E-state index in [2.05, 4.69) is 21.6 Å². The molecular weight excluding hydrogens is 381 g/mol. The molecule has 1 saturated carbocycles. The molecule has 1 aromatic carbocycles. The van der Waals surface area contributed by atoms with Gasteiger partial charge in [-0.25, -0.2) is 0 Å². The highest BCUT2D eigenvalue weighted by Gasteiger charge is 2.13. The number of rotatable bonds is 7. The standard InChI is InChI=1S/C21H33N3O.2ClH/c25-21(23-13-12-22-20-10-3-1-2-4-11-20)19-9-7-8-18(16-19)17-24-14-5-6-15-24;;/h7-9,16,20,22H,1-6,10-15,17H2,(H,23,25);2*1H. The molecule has 0 radical (unpaired) electrons. The highest BCUT2D eigenvalue weighted by atomic mass is 35.5. The third-order valence-corrected chi connectivity index (χ3v) is 5.49. The lowest BCUT2D eigenvalue weighted by molar-refractivity contribution is 0.0953. The summed E-state index contributed by atoms with van der Waals surface area (Å²) < 4.78 is 0. The smallest absolute Gasteiger partial charge is 0.251 e. The number of nitrogens with one attached hydrogen (secondary N) is 2. The zero-order chi connectivity index (χ0) is 17.3. The topological polar surface area (TPSA) is 44.4 Å². The molecule has 4 nitrogen and oxygen atoms in total. The molecule has 0 atom stereocenters. The van der Waals surface area contributed by atoms with E-state index in [0.29, 0.717) is 12.6 Å². The number of likely N-dealkylation sites (tertiary alicyclic amines) is 1. The van der Waals surface area contributed by atoms with Crippen molar-refractivity contribution in [2.24, 2.45) is 0 Å². The van der Waals surface area contributed by atoms with Gasteiger partial charge in [-0.3, -0.25) is 9.69 Å². The summed E-state index contributed by atoms with van der Waals surface area (Å²) in [5.74, 6) is 0.0472. The second kappa shape index (κ2) is 13.4. The number of carbonyl (C=O) groups is 1. The van der Waals surface area contributed by atoms with Crippen molar-refractivity contribution >= 4 is 30.7 Å². The molecule has 1 saturated heterocycles. The van der Waals surface area contributed by atoms with E-state index >= 15 is 0 Å². The summed E-state index contributed by atoms with van der Waals surface area (Å²) in [5.41, 5.74) is 2.03. The average molecular weight is 416 g/mol. The zero-order valence-electron chi connectivity index (χ0n) is 16.3. The lowest BCUT2D eigenvalue weighted by atomic mass is 10.1. The van der Waals surface area contributed by atoms with Crippen LogP contribution < -0.4 is 10.6 Å². The Kier molecular flexibility index (Phi) is 12.0. The van der Waals surface area contributed by atoms with Crippen molar-refractivity contribution in [3.05, 3.63) is 35.4 Å². The molecule has 27 heavy (non-hydrogen) atoms. The Morgan fingerprint density at radius 1 is 0.963 bits per heavy atom. The molecule has 2 fully saturated rings. The second-order valence-electron chi connectivity index (χ2n) is 7.58. The van der Waals surface area contributed by atoms with Gasteiger partial charge in [0, 0.05) is 31.2 Å². The first kappa shape index (κ1) is 24.2. The van der Waals surface area contributed by atoms with E-state index < -0.39 is 0 Å². The largest absolute Gasteiger partial charge is 0.351 e. The predicted molar refractivity (Wildman–Crippen MR) is 117 cm³/mol. The minimum absolute atomic E-state index is 0. The average Bonchev–Trinajstić information content (AvgIpc) is 3.00. The van der Waals surface area contributed by atoms with E-state index in [1.54, 1.807) is 0 Å². The van der Waals surface area contributed by atoms with E-state index in [9.17, 15) is 4.79 Å². The fourth-order valence-corrected chi connectivity index (χ4v) is 4.05. The van der Waals surface area contributed by atoms with Crippen LogP contribution in [0.1, 0.15) is 67.3 Å². The molecule has 3 rings (SSSR count). The molecule has 0 spiro atoms. The van der Waals surface area contributed by atoms with Gasteiger partial charge in [0.05, 0.1) is 0 Å². The number of carbonyl (C=O) groups excluding carboxylic acids is 1. The SMILES string of the molecule is Cl.Cl.O=C(NCCNC1CCCCCC1)c1cccc(CN2CCCC2)c1. The third kappa shape index (κ3) is 8.39. The monoisotopic (exact) mass is 415 g/mol. The molecule has 6 heteroatoms. The summed E-state index contributed by atoms with van der Waals surface area (Å²) in [4.78, 5) is 14.9. The summed E-state index contributed by atoms with van der Waals surface area (Å²) in [7, 11) is 0. The van der Waals surface area contributed by atoms with Crippen LogP contribution in [0, 0.1) is 0 Å². The van der Waals surface area contributed by atoms with Crippen LogP contribution in [0.2, 0.25) is 0 Å². The first-order chi connectivity index (χ1) is 12.3. The van der Waals surface area contributed by atoms with E-state index in [1.807, 2.05) is 18.2 Å². The first-order valence-electron chi connectivity index (χ1n) is 10.1. The Labute approximate surface area is 176 Å². The minimum Gasteiger partial charge on any atom is -0.351 e. The van der Waals surface area contributed by atoms with Crippen LogP contribution in [0.3, 0.4) is 0 Å². The number of nitrogens with zero attached hydrogens (tertiary/aromatic N) is 1. The van der Waals surface area contributed by atoms with Gasteiger partial charge in [0.1, 0.15) is 0 Å². The van der Waals surface area contributed by atoms with Crippen LogP contribution in [-0.2, 0) is 6.54 Å². The van der Waals surface area contributed by atoms with Gasteiger partial charge in [0.15, 0.2) is 0 Å². The first-order valence-corrected chi connectivity index (χ1v) is 10.1.